The lowest BCUT2D eigenvalue weighted by Gasteiger charge is -2.38. The molecular formula is C30H38N4O5. The van der Waals surface area contributed by atoms with Crippen molar-refractivity contribution in [3.63, 3.8) is 0 Å². The number of rotatable bonds is 10. The molecule has 1 atom stereocenters. The van der Waals surface area contributed by atoms with Gasteiger partial charge in [0.25, 0.3) is 0 Å². The number of amides is 3. The molecule has 208 valence electrons. The Labute approximate surface area is 230 Å². The number of aromatic nitrogens is 1. The van der Waals surface area contributed by atoms with E-state index in [2.05, 4.69) is 54.1 Å². The van der Waals surface area contributed by atoms with E-state index in [9.17, 15) is 9.59 Å². The van der Waals surface area contributed by atoms with Crippen molar-refractivity contribution in [1.29, 1.82) is 0 Å². The lowest BCUT2D eigenvalue weighted by atomic mass is 9.95. The molecule has 3 aromatic rings. The summed E-state index contributed by atoms with van der Waals surface area (Å²) in [6, 6.07) is 17.0. The molecular weight excluding hydrogens is 496 g/mol. The van der Waals surface area contributed by atoms with Crippen LogP contribution in [0, 0.1) is 0 Å². The van der Waals surface area contributed by atoms with Gasteiger partial charge in [-0.1, -0.05) is 38.1 Å². The molecule has 2 aromatic carbocycles. The molecule has 39 heavy (non-hydrogen) atoms. The third kappa shape index (κ3) is 6.54. The molecule has 0 saturated carbocycles. The second kappa shape index (κ2) is 12.7. The molecule has 4 rings (SSSR count). The molecule has 0 saturated heterocycles. The molecule has 0 spiro atoms. The van der Waals surface area contributed by atoms with E-state index in [-0.39, 0.29) is 25.0 Å². The van der Waals surface area contributed by atoms with Crippen molar-refractivity contribution in [1.82, 2.24) is 14.4 Å². The van der Waals surface area contributed by atoms with E-state index < -0.39 is 6.03 Å². The normalized spacial score (nSPS) is 14.6. The van der Waals surface area contributed by atoms with Gasteiger partial charge in [-0.3, -0.25) is 4.79 Å². The van der Waals surface area contributed by atoms with E-state index in [1.54, 1.807) is 39.5 Å². The van der Waals surface area contributed by atoms with Gasteiger partial charge in [-0.25, -0.2) is 4.79 Å². The van der Waals surface area contributed by atoms with Crippen molar-refractivity contribution in [3.8, 4) is 11.5 Å². The van der Waals surface area contributed by atoms with Crippen molar-refractivity contribution >= 4 is 17.6 Å². The van der Waals surface area contributed by atoms with E-state index in [1.807, 2.05) is 17.2 Å². The van der Waals surface area contributed by atoms with Gasteiger partial charge in [-0.2, -0.15) is 0 Å². The number of urea groups is 1. The Morgan fingerprint density at radius 3 is 2.31 bits per heavy atom. The average molecular weight is 535 g/mol. The van der Waals surface area contributed by atoms with Gasteiger partial charge in [0.1, 0.15) is 18.0 Å². The fraction of sp³-hybridized carbons (Fsp3) is 0.400. The van der Waals surface area contributed by atoms with Gasteiger partial charge in [-0.05, 0) is 29.2 Å². The summed E-state index contributed by atoms with van der Waals surface area (Å²) in [5.74, 6) is 1.39. The molecule has 0 fully saturated rings. The van der Waals surface area contributed by atoms with Crippen LogP contribution in [0.3, 0.4) is 0 Å². The van der Waals surface area contributed by atoms with Gasteiger partial charge in [-0.15, -0.1) is 0 Å². The molecule has 9 heteroatoms. The quantitative estimate of drug-likeness (QED) is 0.406. The molecule has 3 amide bonds. The zero-order valence-electron chi connectivity index (χ0n) is 23.3. The number of nitrogens with zero attached hydrogens (tertiary/aromatic N) is 3. The van der Waals surface area contributed by atoms with E-state index in [4.69, 9.17) is 14.2 Å². The highest BCUT2D eigenvalue weighted by Gasteiger charge is 2.33. The summed E-state index contributed by atoms with van der Waals surface area (Å²) >= 11 is 0. The molecule has 2 heterocycles. The first-order valence-corrected chi connectivity index (χ1v) is 13.2. The highest BCUT2D eigenvalue weighted by atomic mass is 16.5. The van der Waals surface area contributed by atoms with Crippen LogP contribution in [0.4, 0.5) is 10.5 Å². The van der Waals surface area contributed by atoms with Gasteiger partial charge >= 0.3 is 6.03 Å². The summed E-state index contributed by atoms with van der Waals surface area (Å²) in [6.45, 7) is 6.04. The molecule has 0 radical (unpaired) electrons. The second-order valence-electron chi connectivity index (χ2n) is 9.88. The summed E-state index contributed by atoms with van der Waals surface area (Å²) in [5, 5.41) is 2.88. The van der Waals surface area contributed by atoms with Crippen molar-refractivity contribution in [3.05, 3.63) is 77.6 Å². The standard InChI is InChI=1S/C30H38N4O5/c1-21(2)22-8-10-23(11-9-22)29-27-7-6-12-32(27)13-14-34(29)28(35)20-33(15-16-37-3)30(36)31-24-17-25(38-4)19-26(18-24)39-5/h6-12,17-19,21,29H,13-16,20H2,1-5H3,(H,31,36)/t29-/m0/s1. The second-order valence-corrected chi connectivity index (χ2v) is 9.88. The van der Waals surface area contributed by atoms with Crippen LogP contribution in [0.5, 0.6) is 11.5 Å². The van der Waals surface area contributed by atoms with Crippen LogP contribution in [0.15, 0.2) is 60.8 Å². The third-order valence-electron chi connectivity index (χ3n) is 7.06. The maximum atomic E-state index is 13.8. The van der Waals surface area contributed by atoms with Gasteiger partial charge < -0.3 is 33.9 Å². The van der Waals surface area contributed by atoms with Gasteiger partial charge in [0, 0.05) is 62.5 Å². The van der Waals surface area contributed by atoms with Crippen molar-refractivity contribution in [2.75, 3.05) is 52.9 Å². The van der Waals surface area contributed by atoms with Crippen LogP contribution in [0.1, 0.15) is 42.6 Å². The summed E-state index contributed by atoms with van der Waals surface area (Å²) in [7, 11) is 4.66. The van der Waals surface area contributed by atoms with Crippen molar-refractivity contribution in [2.24, 2.45) is 0 Å². The third-order valence-corrected chi connectivity index (χ3v) is 7.06. The molecule has 1 N–H and O–H groups in total. The Morgan fingerprint density at radius 2 is 1.69 bits per heavy atom. The first-order chi connectivity index (χ1) is 18.8. The molecule has 0 aliphatic carbocycles. The zero-order chi connectivity index (χ0) is 27.9. The first-order valence-electron chi connectivity index (χ1n) is 13.2. The Kier molecular flexibility index (Phi) is 9.14. The summed E-state index contributed by atoms with van der Waals surface area (Å²) < 4.78 is 18.1. The minimum atomic E-state index is -0.408. The summed E-state index contributed by atoms with van der Waals surface area (Å²) in [5.41, 5.74) is 3.86. The molecule has 1 aromatic heterocycles. The summed E-state index contributed by atoms with van der Waals surface area (Å²) in [6.07, 6.45) is 2.05. The van der Waals surface area contributed by atoms with Gasteiger partial charge in [0.15, 0.2) is 0 Å². The fourth-order valence-electron chi connectivity index (χ4n) is 4.86. The van der Waals surface area contributed by atoms with Gasteiger partial charge in [0.05, 0.1) is 26.9 Å². The molecule has 9 nitrogen and oxygen atoms in total. The van der Waals surface area contributed by atoms with Crippen molar-refractivity contribution < 1.29 is 23.8 Å². The van der Waals surface area contributed by atoms with Crippen molar-refractivity contribution in [2.45, 2.75) is 32.4 Å². The Balaban J connectivity index is 1.57. The minimum absolute atomic E-state index is 0.0857. The highest BCUT2D eigenvalue weighted by molar-refractivity contribution is 5.93. The minimum Gasteiger partial charge on any atom is -0.497 e. The van der Waals surface area contributed by atoms with E-state index in [0.717, 1.165) is 11.3 Å². The number of methoxy groups -OCH3 is 3. The average Bonchev–Trinajstić information content (AvgIpc) is 3.43. The van der Waals surface area contributed by atoms with Crippen LogP contribution >= 0.6 is 0 Å². The smallest absolute Gasteiger partial charge is 0.322 e. The number of anilines is 1. The highest BCUT2D eigenvalue weighted by Crippen LogP contribution is 2.33. The van der Waals surface area contributed by atoms with Crippen LogP contribution in [-0.2, 0) is 16.1 Å². The Morgan fingerprint density at radius 1 is 1.00 bits per heavy atom. The maximum absolute atomic E-state index is 13.8. The predicted molar refractivity (Wildman–Crippen MR) is 151 cm³/mol. The Bertz CT molecular complexity index is 1250. The SMILES string of the molecule is COCCN(CC(=O)N1CCn2cccc2[C@@H]1c1ccc(C(C)C)cc1)C(=O)Nc1cc(OC)cc(OC)c1. The summed E-state index contributed by atoms with van der Waals surface area (Å²) in [4.78, 5) is 30.5. The van der Waals surface area contributed by atoms with E-state index in [1.165, 1.54) is 10.5 Å². The number of hydrogen-bond acceptors (Lipinski definition) is 5. The zero-order valence-corrected chi connectivity index (χ0v) is 23.3. The molecule has 0 bridgehead atoms. The largest absolute Gasteiger partial charge is 0.497 e. The number of fused-ring (bicyclic) bond motifs is 1. The number of nitrogens with one attached hydrogen (secondary N) is 1. The number of carbonyl (C=O) groups is 2. The lowest BCUT2D eigenvalue weighted by molar-refractivity contribution is -0.134. The van der Waals surface area contributed by atoms with E-state index >= 15 is 0 Å². The van der Waals surface area contributed by atoms with Crippen LogP contribution in [0.25, 0.3) is 0 Å². The van der Waals surface area contributed by atoms with Gasteiger partial charge in [0.2, 0.25) is 5.91 Å². The molecule has 0 unspecified atom stereocenters. The Hall–Kier alpha value is -3.98. The number of carbonyl (C=O) groups excluding carboxylic acids is 2. The maximum Gasteiger partial charge on any atom is 0.322 e. The molecule has 1 aliphatic heterocycles. The molecule has 1 aliphatic rings. The first kappa shape index (κ1) is 28.0. The van der Waals surface area contributed by atoms with Crippen LogP contribution in [0.2, 0.25) is 0 Å². The number of benzene rings is 2. The number of ether oxygens (including phenoxy) is 3. The monoisotopic (exact) mass is 534 g/mol. The van der Waals surface area contributed by atoms with Crippen LogP contribution in [-0.4, -0.2) is 73.9 Å². The lowest BCUT2D eigenvalue weighted by Crippen LogP contribution is -2.49. The fourth-order valence-corrected chi connectivity index (χ4v) is 4.86. The number of hydrogen-bond donors (Lipinski definition) is 1. The van der Waals surface area contributed by atoms with Crippen LogP contribution < -0.4 is 14.8 Å². The predicted octanol–water partition coefficient (Wildman–Crippen LogP) is 4.74. The topological polar surface area (TPSA) is 85.3 Å². The van der Waals surface area contributed by atoms with E-state index in [0.29, 0.717) is 42.8 Å².